The van der Waals surface area contributed by atoms with Crippen LogP contribution in [0.1, 0.15) is 17.5 Å². The van der Waals surface area contributed by atoms with Crippen LogP contribution in [0.15, 0.2) is 41.4 Å². The Morgan fingerprint density at radius 3 is 2.70 bits per heavy atom. The summed E-state index contributed by atoms with van der Waals surface area (Å²) in [5, 5.41) is 4.04. The van der Waals surface area contributed by atoms with E-state index in [1.807, 2.05) is 30.3 Å². The Morgan fingerprint density at radius 2 is 1.97 bits per heavy atom. The number of ether oxygens (including phenoxy) is 2. The molecule has 0 amide bonds. The zero-order valence-corrected chi connectivity index (χ0v) is 20.7. The van der Waals surface area contributed by atoms with E-state index >= 15 is 0 Å². The second-order valence-electron chi connectivity index (χ2n) is 7.30. The Labute approximate surface area is 200 Å². The molecule has 8 heteroatoms. The number of nitrogens with two attached hydrogens (primary N) is 1. The van der Waals surface area contributed by atoms with E-state index in [2.05, 4.69) is 28.2 Å². The monoisotopic (exact) mass is 544 g/mol. The van der Waals surface area contributed by atoms with Gasteiger partial charge in [0.1, 0.15) is 0 Å². The topological polar surface area (TPSA) is 72.1 Å². The lowest BCUT2D eigenvalue weighted by molar-refractivity contribution is 0.354. The third kappa shape index (κ3) is 6.31. The fraction of sp³-hybridized carbons (Fsp3) is 0.409. The molecule has 0 bridgehead atoms. The molecule has 3 rings (SSSR count). The summed E-state index contributed by atoms with van der Waals surface area (Å²) in [6.07, 6.45) is 1.11. The summed E-state index contributed by atoms with van der Waals surface area (Å²) in [5.74, 6) is 2.36. The third-order valence-corrected chi connectivity index (χ3v) is 5.48. The molecule has 0 saturated carbocycles. The second kappa shape index (κ2) is 11.5. The highest BCUT2D eigenvalue weighted by Gasteiger charge is 2.23. The Bertz CT molecular complexity index is 878. The predicted molar refractivity (Wildman–Crippen MR) is 135 cm³/mol. The molecule has 0 aliphatic carbocycles. The normalized spacial score (nSPS) is 16.2. The Kier molecular flexibility index (Phi) is 9.36. The minimum Gasteiger partial charge on any atom is -0.493 e. The maximum atomic E-state index is 6.17. The summed E-state index contributed by atoms with van der Waals surface area (Å²) in [4.78, 5) is 6.84. The molecule has 0 radical (unpaired) electrons. The van der Waals surface area contributed by atoms with Gasteiger partial charge in [-0.15, -0.1) is 24.0 Å². The summed E-state index contributed by atoms with van der Waals surface area (Å²) in [5.41, 5.74) is 9.54. The molecule has 1 aliphatic rings. The molecule has 2 aromatic rings. The number of guanidine groups is 1. The second-order valence-corrected chi connectivity index (χ2v) is 7.74. The van der Waals surface area contributed by atoms with Crippen LogP contribution < -0.4 is 25.4 Å². The number of rotatable bonds is 7. The number of halogens is 2. The predicted octanol–water partition coefficient (Wildman–Crippen LogP) is 4.21. The first-order chi connectivity index (χ1) is 14.0. The number of methoxy groups -OCH3 is 2. The van der Waals surface area contributed by atoms with Crippen molar-refractivity contribution in [2.24, 2.45) is 16.6 Å². The molecule has 1 fully saturated rings. The van der Waals surface area contributed by atoms with Gasteiger partial charge in [-0.2, -0.15) is 0 Å². The third-order valence-electron chi connectivity index (χ3n) is 5.25. The van der Waals surface area contributed by atoms with Gasteiger partial charge in [0, 0.05) is 30.3 Å². The lowest BCUT2D eigenvalue weighted by atomic mass is 10.1. The van der Waals surface area contributed by atoms with Crippen LogP contribution in [0.3, 0.4) is 0 Å². The van der Waals surface area contributed by atoms with Crippen molar-refractivity contribution in [2.45, 2.75) is 19.9 Å². The van der Waals surface area contributed by atoms with Gasteiger partial charge in [-0.1, -0.05) is 23.7 Å². The quantitative estimate of drug-likeness (QED) is 0.310. The first-order valence-corrected chi connectivity index (χ1v) is 10.1. The molecule has 30 heavy (non-hydrogen) atoms. The molecule has 0 aromatic heterocycles. The van der Waals surface area contributed by atoms with E-state index in [1.165, 1.54) is 11.3 Å². The largest absolute Gasteiger partial charge is 0.493 e. The molecular formula is C22H30ClIN4O2. The maximum absolute atomic E-state index is 6.17. The van der Waals surface area contributed by atoms with Crippen LogP contribution in [0.2, 0.25) is 5.02 Å². The molecule has 6 nitrogen and oxygen atoms in total. The van der Waals surface area contributed by atoms with Gasteiger partial charge in [0.05, 0.1) is 20.8 Å². The summed E-state index contributed by atoms with van der Waals surface area (Å²) < 4.78 is 10.6. The van der Waals surface area contributed by atoms with Crippen LogP contribution in [0.4, 0.5) is 5.69 Å². The Balaban J connectivity index is 0.00000320. The van der Waals surface area contributed by atoms with E-state index in [0.717, 1.165) is 36.6 Å². The van der Waals surface area contributed by atoms with Crippen LogP contribution in [-0.2, 0) is 6.54 Å². The number of aliphatic imine (C=N–C) groups is 1. The van der Waals surface area contributed by atoms with Crippen molar-refractivity contribution in [3.05, 3.63) is 52.5 Å². The van der Waals surface area contributed by atoms with Gasteiger partial charge in [0.15, 0.2) is 17.5 Å². The summed E-state index contributed by atoms with van der Waals surface area (Å²) in [6, 6.07) is 11.8. The fourth-order valence-electron chi connectivity index (χ4n) is 3.60. The molecule has 1 atom stereocenters. The molecule has 1 unspecified atom stereocenters. The molecule has 1 saturated heterocycles. The maximum Gasteiger partial charge on any atom is 0.188 e. The average Bonchev–Trinajstić information content (AvgIpc) is 3.21. The van der Waals surface area contributed by atoms with Crippen LogP contribution >= 0.6 is 35.6 Å². The van der Waals surface area contributed by atoms with E-state index in [1.54, 1.807) is 14.2 Å². The van der Waals surface area contributed by atoms with E-state index < -0.39 is 0 Å². The molecule has 3 N–H and O–H groups in total. The van der Waals surface area contributed by atoms with Gasteiger partial charge < -0.3 is 25.4 Å². The van der Waals surface area contributed by atoms with Gasteiger partial charge in [0.2, 0.25) is 0 Å². The molecule has 1 aliphatic heterocycles. The van der Waals surface area contributed by atoms with Gasteiger partial charge in [-0.25, -0.2) is 4.99 Å². The lowest BCUT2D eigenvalue weighted by Gasteiger charge is -2.21. The zero-order valence-electron chi connectivity index (χ0n) is 17.7. The van der Waals surface area contributed by atoms with E-state index in [0.29, 0.717) is 29.9 Å². The minimum absolute atomic E-state index is 0. The molecule has 2 aromatic carbocycles. The number of hydrogen-bond acceptors (Lipinski definition) is 4. The highest BCUT2D eigenvalue weighted by atomic mass is 127. The molecule has 0 spiro atoms. The fourth-order valence-corrected chi connectivity index (χ4v) is 3.77. The van der Waals surface area contributed by atoms with Crippen LogP contribution in [0.25, 0.3) is 0 Å². The van der Waals surface area contributed by atoms with Crippen molar-refractivity contribution >= 4 is 47.2 Å². The zero-order chi connectivity index (χ0) is 20.8. The summed E-state index contributed by atoms with van der Waals surface area (Å²) in [7, 11) is 3.24. The Hall–Kier alpha value is -1.87. The lowest BCUT2D eigenvalue weighted by Crippen LogP contribution is -2.36. The highest BCUT2D eigenvalue weighted by molar-refractivity contribution is 14.0. The van der Waals surface area contributed by atoms with Crippen molar-refractivity contribution in [1.29, 1.82) is 0 Å². The van der Waals surface area contributed by atoms with Crippen LogP contribution in [-0.4, -0.2) is 39.8 Å². The van der Waals surface area contributed by atoms with Crippen LogP contribution in [0, 0.1) is 12.8 Å². The summed E-state index contributed by atoms with van der Waals surface area (Å²) in [6.45, 7) is 5.42. The van der Waals surface area contributed by atoms with Crippen molar-refractivity contribution in [1.82, 2.24) is 5.32 Å². The molecule has 164 valence electrons. The number of hydrogen-bond donors (Lipinski definition) is 2. The summed E-state index contributed by atoms with van der Waals surface area (Å²) >= 11 is 6.17. The van der Waals surface area contributed by atoms with Crippen LogP contribution in [0.5, 0.6) is 11.5 Å². The molecular weight excluding hydrogens is 515 g/mol. The minimum atomic E-state index is 0. The van der Waals surface area contributed by atoms with Crippen molar-refractivity contribution in [3.63, 3.8) is 0 Å². The number of nitrogens with zero attached hydrogens (tertiary/aromatic N) is 2. The Morgan fingerprint density at radius 1 is 1.20 bits per heavy atom. The van der Waals surface area contributed by atoms with E-state index in [-0.39, 0.29) is 24.0 Å². The number of anilines is 1. The number of benzene rings is 2. The number of nitrogens with one attached hydrogen (secondary N) is 1. The van der Waals surface area contributed by atoms with Gasteiger partial charge in [-0.05, 0) is 54.7 Å². The smallest absolute Gasteiger partial charge is 0.188 e. The first-order valence-electron chi connectivity index (χ1n) is 9.76. The van der Waals surface area contributed by atoms with Gasteiger partial charge in [-0.3, -0.25) is 0 Å². The van der Waals surface area contributed by atoms with Crippen molar-refractivity contribution < 1.29 is 9.47 Å². The van der Waals surface area contributed by atoms with Gasteiger partial charge >= 0.3 is 0 Å². The molecule has 1 heterocycles. The van der Waals surface area contributed by atoms with Crippen molar-refractivity contribution in [2.75, 3.05) is 38.8 Å². The number of aryl methyl sites for hydroxylation is 1. The van der Waals surface area contributed by atoms with E-state index in [9.17, 15) is 0 Å². The average molecular weight is 545 g/mol. The standard InChI is InChI=1S/C22H29ClN4O2.HI/c1-15-4-6-18(23)11-19(15)27-9-8-17(14-27)13-26-22(24)25-12-16-5-7-20(28-2)21(10-16)29-3;/h4-7,10-11,17H,8-9,12-14H2,1-3H3,(H3,24,25,26);1H. The van der Waals surface area contributed by atoms with E-state index in [4.69, 9.17) is 26.8 Å². The first kappa shape index (κ1) is 24.4. The van der Waals surface area contributed by atoms with Gasteiger partial charge in [0.25, 0.3) is 0 Å². The van der Waals surface area contributed by atoms with Crippen molar-refractivity contribution in [3.8, 4) is 11.5 Å². The SMILES string of the molecule is COc1ccc(CN=C(N)NCC2CCN(c3cc(Cl)ccc3C)C2)cc1OC.I. The highest BCUT2D eigenvalue weighted by Crippen LogP contribution is 2.29.